The molecule has 0 aliphatic rings. The molecule has 0 aliphatic heterocycles. The Morgan fingerprint density at radius 3 is 2.60 bits per heavy atom. The third-order valence-corrected chi connectivity index (χ3v) is 5.34. The van der Waals surface area contributed by atoms with Crippen LogP contribution in [0.5, 0.6) is 5.75 Å². The molecule has 0 fully saturated rings. The molecule has 0 unspecified atom stereocenters. The van der Waals surface area contributed by atoms with Gasteiger partial charge < -0.3 is 25.1 Å². The van der Waals surface area contributed by atoms with E-state index in [1.807, 2.05) is 24.3 Å². The maximum atomic E-state index is 11.2. The number of thiocarbonyl (C=S) groups is 1. The van der Waals surface area contributed by atoms with Gasteiger partial charge in [-0.05, 0) is 48.0 Å². The fourth-order valence-electron chi connectivity index (χ4n) is 3.42. The number of esters is 1. The molecule has 3 aromatic rings. The number of ether oxygens (including phenoxy) is 2. The molecule has 7 heteroatoms. The molecule has 2 aromatic carbocycles. The number of carbonyl (C=O) groups excluding carboxylic acids is 1. The maximum Gasteiger partial charge on any atom is 0.305 e. The molecular weight excluding hydrogens is 398 g/mol. The third-order valence-electron chi connectivity index (χ3n) is 5.05. The highest BCUT2D eigenvalue weighted by Gasteiger charge is 2.18. The summed E-state index contributed by atoms with van der Waals surface area (Å²) in [7, 11) is 3.06. The first-order chi connectivity index (χ1) is 14.6. The predicted octanol–water partition coefficient (Wildman–Crippen LogP) is 3.73. The molecule has 158 valence electrons. The first-order valence-electron chi connectivity index (χ1n) is 9.91. The van der Waals surface area contributed by atoms with Crippen molar-refractivity contribution in [2.24, 2.45) is 0 Å². The van der Waals surface area contributed by atoms with Crippen LogP contribution in [-0.2, 0) is 9.53 Å². The van der Waals surface area contributed by atoms with Crippen LogP contribution in [0.3, 0.4) is 0 Å². The van der Waals surface area contributed by atoms with E-state index in [0.29, 0.717) is 31.0 Å². The summed E-state index contributed by atoms with van der Waals surface area (Å²) in [6.45, 7) is 1.25. The highest BCUT2D eigenvalue weighted by Crippen LogP contribution is 2.31. The van der Waals surface area contributed by atoms with Crippen molar-refractivity contribution in [3.8, 4) is 5.75 Å². The van der Waals surface area contributed by atoms with Crippen LogP contribution >= 0.6 is 12.2 Å². The number of aromatic amines is 1. The minimum atomic E-state index is -0.213. The molecule has 6 nitrogen and oxygen atoms in total. The number of H-pyrrole nitrogens is 1. The standard InChI is InChI=1S/C23H27N3O3S/c1-28-17-11-9-16(10-12-17)19(20-15-25-21-7-4-3-6-18(20)21)14-26-23(30)24-13-5-8-22(27)29-2/h3-4,6-7,9-12,15,19,25H,5,8,13-14H2,1-2H3,(H2,24,26,30)/t19-/m0/s1. The van der Waals surface area contributed by atoms with E-state index in [0.717, 1.165) is 11.3 Å². The van der Waals surface area contributed by atoms with Gasteiger partial charge in [0.2, 0.25) is 0 Å². The minimum Gasteiger partial charge on any atom is -0.497 e. The van der Waals surface area contributed by atoms with Crippen molar-refractivity contribution in [2.75, 3.05) is 27.3 Å². The van der Waals surface area contributed by atoms with Gasteiger partial charge in [0.25, 0.3) is 0 Å². The number of para-hydroxylation sites is 1. The highest BCUT2D eigenvalue weighted by atomic mass is 32.1. The van der Waals surface area contributed by atoms with E-state index in [4.69, 9.17) is 17.0 Å². The Morgan fingerprint density at radius 1 is 1.10 bits per heavy atom. The fraction of sp³-hybridized carbons (Fsp3) is 0.304. The topological polar surface area (TPSA) is 75.4 Å². The van der Waals surface area contributed by atoms with Gasteiger partial charge in [0, 0.05) is 42.5 Å². The minimum absolute atomic E-state index is 0.0990. The van der Waals surface area contributed by atoms with Crippen molar-refractivity contribution in [3.63, 3.8) is 0 Å². The van der Waals surface area contributed by atoms with Crippen molar-refractivity contribution < 1.29 is 14.3 Å². The smallest absolute Gasteiger partial charge is 0.305 e. The Bertz CT molecular complexity index is 985. The van der Waals surface area contributed by atoms with Gasteiger partial charge in [0.05, 0.1) is 14.2 Å². The van der Waals surface area contributed by atoms with Crippen molar-refractivity contribution in [1.29, 1.82) is 0 Å². The molecule has 3 rings (SSSR count). The van der Waals surface area contributed by atoms with Crippen LogP contribution in [-0.4, -0.2) is 43.4 Å². The molecule has 30 heavy (non-hydrogen) atoms. The lowest BCUT2D eigenvalue weighted by atomic mass is 9.91. The summed E-state index contributed by atoms with van der Waals surface area (Å²) in [4.78, 5) is 14.6. The fourth-order valence-corrected chi connectivity index (χ4v) is 3.61. The number of aromatic nitrogens is 1. The van der Waals surface area contributed by atoms with Gasteiger partial charge in [-0.1, -0.05) is 30.3 Å². The number of rotatable bonds is 9. The van der Waals surface area contributed by atoms with Crippen molar-refractivity contribution in [3.05, 3.63) is 65.9 Å². The number of methoxy groups -OCH3 is 2. The zero-order valence-electron chi connectivity index (χ0n) is 17.2. The Kier molecular flexibility index (Phi) is 7.68. The van der Waals surface area contributed by atoms with E-state index in [1.54, 1.807) is 7.11 Å². The molecule has 0 saturated heterocycles. The maximum absolute atomic E-state index is 11.2. The predicted molar refractivity (Wildman–Crippen MR) is 123 cm³/mol. The molecule has 1 heterocycles. The van der Waals surface area contributed by atoms with E-state index in [-0.39, 0.29) is 11.9 Å². The summed E-state index contributed by atoms with van der Waals surface area (Å²) in [5.41, 5.74) is 3.48. The van der Waals surface area contributed by atoms with Crippen molar-refractivity contribution in [1.82, 2.24) is 15.6 Å². The summed E-state index contributed by atoms with van der Waals surface area (Å²) in [6.07, 6.45) is 3.10. The second kappa shape index (κ2) is 10.6. The monoisotopic (exact) mass is 425 g/mol. The summed E-state index contributed by atoms with van der Waals surface area (Å²) in [5, 5.41) is 8.24. The summed E-state index contributed by atoms with van der Waals surface area (Å²) in [5.74, 6) is 0.712. The van der Waals surface area contributed by atoms with Crippen LogP contribution in [0.25, 0.3) is 10.9 Å². The molecule has 0 spiro atoms. The second-order valence-corrected chi connectivity index (χ2v) is 7.34. The van der Waals surface area contributed by atoms with Gasteiger partial charge in [-0.25, -0.2) is 0 Å². The van der Waals surface area contributed by atoms with E-state index in [2.05, 4.69) is 50.8 Å². The van der Waals surface area contributed by atoms with Crippen LogP contribution in [0.15, 0.2) is 54.7 Å². The van der Waals surface area contributed by atoms with Gasteiger partial charge >= 0.3 is 5.97 Å². The summed E-state index contributed by atoms with van der Waals surface area (Å²) >= 11 is 5.43. The Labute approximate surface area is 182 Å². The first-order valence-corrected chi connectivity index (χ1v) is 10.3. The van der Waals surface area contributed by atoms with E-state index in [9.17, 15) is 4.79 Å². The second-order valence-electron chi connectivity index (χ2n) is 6.93. The number of carbonyl (C=O) groups is 1. The normalized spacial score (nSPS) is 11.7. The van der Waals surface area contributed by atoms with Gasteiger partial charge in [-0.15, -0.1) is 0 Å². The number of nitrogens with one attached hydrogen (secondary N) is 3. The zero-order valence-corrected chi connectivity index (χ0v) is 18.1. The molecule has 0 amide bonds. The van der Waals surface area contributed by atoms with E-state index >= 15 is 0 Å². The largest absolute Gasteiger partial charge is 0.497 e. The summed E-state index contributed by atoms with van der Waals surface area (Å²) in [6, 6.07) is 16.4. The van der Waals surface area contributed by atoms with Crippen LogP contribution in [0, 0.1) is 0 Å². The van der Waals surface area contributed by atoms with Crippen molar-refractivity contribution >= 4 is 34.2 Å². The van der Waals surface area contributed by atoms with Crippen molar-refractivity contribution in [2.45, 2.75) is 18.8 Å². The van der Waals surface area contributed by atoms with Crippen LogP contribution in [0.4, 0.5) is 0 Å². The van der Waals surface area contributed by atoms with Crippen LogP contribution in [0.1, 0.15) is 29.9 Å². The van der Waals surface area contributed by atoms with Crippen LogP contribution < -0.4 is 15.4 Å². The van der Waals surface area contributed by atoms with E-state index in [1.165, 1.54) is 23.6 Å². The molecule has 0 radical (unpaired) electrons. The molecule has 1 atom stereocenters. The highest BCUT2D eigenvalue weighted by molar-refractivity contribution is 7.80. The van der Waals surface area contributed by atoms with Gasteiger partial charge in [0.1, 0.15) is 5.75 Å². The Balaban J connectivity index is 1.70. The molecular formula is C23H27N3O3S. The van der Waals surface area contributed by atoms with Gasteiger partial charge in [-0.2, -0.15) is 0 Å². The number of benzene rings is 2. The Hall–Kier alpha value is -3.06. The van der Waals surface area contributed by atoms with Gasteiger partial charge in [0.15, 0.2) is 5.11 Å². The lowest BCUT2D eigenvalue weighted by Crippen LogP contribution is -2.38. The first kappa shape index (κ1) is 21.6. The molecule has 0 bridgehead atoms. The van der Waals surface area contributed by atoms with E-state index < -0.39 is 0 Å². The molecule has 3 N–H and O–H groups in total. The van der Waals surface area contributed by atoms with Crippen LogP contribution in [0.2, 0.25) is 0 Å². The number of fused-ring (bicyclic) bond motifs is 1. The van der Waals surface area contributed by atoms with Gasteiger partial charge in [-0.3, -0.25) is 4.79 Å². The average Bonchev–Trinajstić information content (AvgIpc) is 3.21. The molecule has 0 saturated carbocycles. The molecule has 1 aromatic heterocycles. The molecule has 0 aliphatic carbocycles. The number of hydrogen-bond donors (Lipinski definition) is 3. The Morgan fingerprint density at radius 2 is 1.87 bits per heavy atom. The average molecular weight is 426 g/mol. The SMILES string of the molecule is COC(=O)CCCNC(=S)NC[C@@H](c1ccc(OC)cc1)c1c[nH]c2ccccc12. The lowest BCUT2D eigenvalue weighted by molar-refractivity contribution is -0.140. The third kappa shape index (κ3) is 5.51. The zero-order chi connectivity index (χ0) is 21.3. The summed E-state index contributed by atoms with van der Waals surface area (Å²) < 4.78 is 9.95. The number of hydrogen-bond acceptors (Lipinski definition) is 4. The quantitative estimate of drug-likeness (QED) is 0.276. The lowest BCUT2D eigenvalue weighted by Gasteiger charge is -2.20.